The summed E-state index contributed by atoms with van der Waals surface area (Å²) in [6.45, 7) is 1.78. The van der Waals surface area contributed by atoms with Crippen LogP contribution in [0, 0.1) is 12.7 Å². The van der Waals surface area contributed by atoms with Crippen LogP contribution in [0.25, 0.3) is 0 Å². The van der Waals surface area contributed by atoms with Crippen LogP contribution in [0.4, 0.5) is 4.39 Å². The number of Topliss-reactive ketones (excluding diaryl/α,β-unsaturated/α-hetero) is 2. The monoisotopic (exact) mass is 257 g/mol. The van der Waals surface area contributed by atoms with Crippen molar-refractivity contribution >= 4 is 11.6 Å². The van der Waals surface area contributed by atoms with E-state index in [4.69, 9.17) is 0 Å². The fourth-order valence-electron chi connectivity index (χ4n) is 1.70. The van der Waals surface area contributed by atoms with Gasteiger partial charge in [0, 0.05) is 23.0 Å². The van der Waals surface area contributed by atoms with Gasteiger partial charge in [-0.3, -0.25) is 14.6 Å². The quantitative estimate of drug-likeness (QED) is 0.625. The van der Waals surface area contributed by atoms with Crippen molar-refractivity contribution in [1.29, 1.82) is 0 Å². The molecular weight excluding hydrogens is 245 g/mol. The predicted molar refractivity (Wildman–Crippen MR) is 68.7 cm³/mol. The average molecular weight is 257 g/mol. The van der Waals surface area contributed by atoms with Crippen molar-refractivity contribution in [3.05, 3.63) is 65.2 Å². The molecule has 4 heteroatoms. The van der Waals surface area contributed by atoms with E-state index in [1.807, 2.05) is 0 Å². The molecule has 0 amide bonds. The third kappa shape index (κ3) is 3.31. The predicted octanol–water partition coefficient (Wildman–Crippen LogP) is 2.98. The van der Waals surface area contributed by atoms with E-state index < -0.39 is 5.82 Å². The van der Waals surface area contributed by atoms with Crippen LogP contribution >= 0.6 is 0 Å². The summed E-state index contributed by atoms with van der Waals surface area (Å²) in [7, 11) is 0. The number of carbonyl (C=O) groups is 2. The second-order valence-corrected chi connectivity index (χ2v) is 4.22. The van der Waals surface area contributed by atoms with Crippen molar-refractivity contribution in [2.24, 2.45) is 0 Å². The van der Waals surface area contributed by atoms with Crippen molar-refractivity contribution in [3.63, 3.8) is 0 Å². The van der Waals surface area contributed by atoms with Crippen molar-refractivity contribution < 1.29 is 14.0 Å². The van der Waals surface area contributed by atoms with Gasteiger partial charge in [-0.05, 0) is 43.3 Å². The molecule has 0 aliphatic carbocycles. The molecule has 0 radical (unpaired) electrons. The van der Waals surface area contributed by atoms with Crippen LogP contribution in [0.2, 0.25) is 0 Å². The van der Waals surface area contributed by atoms with Crippen molar-refractivity contribution in [1.82, 2.24) is 4.98 Å². The third-order valence-electron chi connectivity index (χ3n) is 2.71. The van der Waals surface area contributed by atoms with E-state index in [-0.39, 0.29) is 18.0 Å². The molecule has 0 unspecified atom stereocenters. The molecule has 0 aliphatic heterocycles. The zero-order valence-corrected chi connectivity index (χ0v) is 10.4. The second-order valence-electron chi connectivity index (χ2n) is 4.22. The smallest absolute Gasteiger partial charge is 0.170 e. The molecule has 2 aromatic rings. The van der Waals surface area contributed by atoms with E-state index in [1.54, 1.807) is 19.1 Å². The Hall–Kier alpha value is -2.36. The maximum atomic E-state index is 12.7. The molecule has 1 aromatic carbocycles. The Kier molecular flexibility index (Phi) is 3.80. The molecule has 0 saturated carbocycles. The number of pyridine rings is 1. The maximum Gasteiger partial charge on any atom is 0.170 e. The van der Waals surface area contributed by atoms with Crippen LogP contribution in [0.3, 0.4) is 0 Å². The number of hydrogen-bond donors (Lipinski definition) is 0. The number of ketones is 2. The molecule has 0 bridgehead atoms. The molecule has 0 atom stereocenters. The molecule has 2 rings (SSSR count). The number of hydrogen-bond acceptors (Lipinski definition) is 3. The lowest BCUT2D eigenvalue weighted by molar-refractivity contribution is 0.0894. The fourth-order valence-corrected chi connectivity index (χ4v) is 1.70. The van der Waals surface area contributed by atoms with Gasteiger partial charge in [0.05, 0.1) is 6.42 Å². The Morgan fingerprint density at radius 3 is 2.32 bits per heavy atom. The number of rotatable bonds is 4. The van der Waals surface area contributed by atoms with E-state index in [9.17, 15) is 14.0 Å². The number of nitrogens with zero attached hydrogens (tertiary/aromatic N) is 1. The number of halogens is 1. The lowest BCUT2D eigenvalue weighted by Crippen LogP contribution is -2.09. The van der Waals surface area contributed by atoms with Crippen LogP contribution in [0.5, 0.6) is 0 Å². The van der Waals surface area contributed by atoms with Gasteiger partial charge in [-0.15, -0.1) is 0 Å². The number of benzene rings is 1. The minimum atomic E-state index is -0.410. The van der Waals surface area contributed by atoms with Gasteiger partial charge in [-0.1, -0.05) is 0 Å². The van der Waals surface area contributed by atoms with Crippen molar-refractivity contribution in [2.45, 2.75) is 13.3 Å². The van der Waals surface area contributed by atoms with Gasteiger partial charge in [0.25, 0.3) is 0 Å². The number of carbonyl (C=O) groups excluding carboxylic acids is 2. The largest absolute Gasteiger partial charge is 0.294 e. The first-order valence-corrected chi connectivity index (χ1v) is 5.81. The Balaban J connectivity index is 2.11. The van der Waals surface area contributed by atoms with Crippen LogP contribution in [-0.2, 0) is 0 Å². The molecule has 3 nitrogen and oxygen atoms in total. The van der Waals surface area contributed by atoms with E-state index >= 15 is 0 Å². The maximum absolute atomic E-state index is 12.7. The Labute approximate surface area is 110 Å². The van der Waals surface area contributed by atoms with E-state index in [2.05, 4.69) is 4.98 Å². The minimum Gasteiger partial charge on any atom is -0.294 e. The van der Waals surface area contributed by atoms with Crippen LogP contribution < -0.4 is 0 Å². The zero-order chi connectivity index (χ0) is 13.8. The standard InChI is InChI=1S/C15H12FNO2/c1-10-8-12(6-7-17-10)15(19)9-14(18)11-2-4-13(16)5-3-11/h2-8H,9H2,1H3. The number of aryl methyl sites for hydroxylation is 1. The SMILES string of the molecule is Cc1cc(C(=O)CC(=O)c2ccc(F)cc2)ccn1. The molecular formula is C15H12FNO2. The molecule has 96 valence electrons. The topological polar surface area (TPSA) is 47.0 Å². The summed E-state index contributed by atoms with van der Waals surface area (Å²) < 4.78 is 12.7. The minimum absolute atomic E-state index is 0.227. The first kappa shape index (κ1) is 13.1. The van der Waals surface area contributed by atoms with Crippen molar-refractivity contribution in [3.8, 4) is 0 Å². The summed E-state index contributed by atoms with van der Waals surface area (Å²) in [4.78, 5) is 27.8. The first-order valence-electron chi connectivity index (χ1n) is 5.81. The Morgan fingerprint density at radius 2 is 1.68 bits per heavy atom. The molecule has 0 saturated heterocycles. The highest BCUT2D eigenvalue weighted by atomic mass is 19.1. The summed E-state index contributed by atoms with van der Waals surface area (Å²) in [5.41, 5.74) is 1.52. The normalized spacial score (nSPS) is 10.2. The van der Waals surface area contributed by atoms with Gasteiger partial charge in [0.1, 0.15) is 5.82 Å². The van der Waals surface area contributed by atoms with Gasteiger partial charge in [0.15, 0.2) is 11.6 Å². The van der Waals surface area contributed by atoms with Gasteiger partial charge in [-0.2, -0.15) is 0 Å². The lowest BCUT2D eigenvalue weighted by Gasteiger charge is -2.02. The van der Waals surface area contributed by atoms with Crippen molar-refractivity contribution in [2.75, 3.05) is 0 Å². The third-order valence-corrected chi connectivity index (χ3v) is 2.71. The molecule has 0 aliphatic rings. The molecule has 0 fully saturated rings. The summed E-state index contributed by atoms with van der Waals surface area (Å²) in [5.74, 6) is -0.994. The average Bonchev–Trinajstić information content (AvgIpc) is 2.39. The Bertz CT molecular complexity index is 620. The van der Waals surface area contributed by atoms with E-state index in [0.29, 0.717) is 11.1 Å². The highest BCUT2D eigenvalue weighted by Crippen LogP contribution is 2.10. The summed E-state index contributed by atoms with van der Waals surface area (Å²) >= 11 is 0. The first-order chi connectivity index (χ1) is 9.06. The Morgan fingerprint density at radius 1 is 1.05 bits per heavy atom. The van der Waals surface area contributed by atoms with Gasteiger partial charge in [0.2, 0.25) is 0 Å². The van der Waals surface area contributed by atoms with Gasteiger partial charge in [-0.25, -0.2) is 4.39 Å². The van der Waals surface area contributed by atoms with Crippen LogP contribution in [0.15, 0.2) is 42.6 Å². The summed E-state index contributed by atoms with van der Waals surface area (Å²) in [5, 5.41) is 0. The van der Waals surface area contributed by atoms with Crippen LogP contribution in [0.1, 0.15) is 32.8 Å². The van der Waals surface area contributed by atoms with E-state index in [0.717, 1.165) is 5.69 Å². The zero-order valence-electron chi connectivity index (χ0n) is 10.4. The van der Waals surface area contributed by atoms with Gasteiger partial charge < -0.3 is 0 Å². The molecule has 0 spiro atoms. The number of aromatic nitrogens is 1. The molecule has 19 heavy (non-hydrogen) atoms. The lowest BCUT2D eigenvalue weighted by atomic mass is 10.0. The summed E-state index contributed by atoms with van der Waals surface area (Å²) in [6, 6.07) is 8.38. The van der Waals surface area contributed by atoms with E-state index in [1.165, 1.54) is 30.5 Å². The fraction of sp³-hybridized carbons (Fsp3) is 0.133. The van der Waals surface area contributed by atoms with Crippen LogP contribution in [-0.4, -0.2) is 16.6 Å². The van der Waals surface area contributed by atoms with Gasteiger partial charge >= 0.3 is 0 Å². The highest BCUT2D eigenvalue weighted by Gasteiger charge is 2.13. The second kappa shape index (κ2) is 5.52. The molecule has 1 heterocycles. The highest BCUT2D eigenvalue weighted by molar-refractivity contribution is 6.13. The summed E-state index contributed by atoms with van der Waals surface area (Å²) in [6.07, 6.45) is 1.31. The molecule has 0 N–H and O–H groups in total. The molecule has 1 aromatic heterocycles.